The number of fused-ring (bicyclic) bond motifs is 1. The number of rotatable bonds is 3. The third-order valence-corrected chi connectivity index (χ3v) is 2.48. The van der Waals surface area contributed by atoms with Crippen molar-refractivity contribution in [3.63, 3.8) is 0 Å². The lowest BCUT2D eigenvalue weighted by Crippen LogP contribution is -2.04. The fourth-order valence-corrected chi connectivity index (χ4v) is 1.65. The summed E-state index contributed by atoms with van der Waals surface area (Å²) in [7, 11) is 0. The minimum atomic E-state index is -0.294. The van der Waals surface area contributed by atoms with Crippen LogP contribution in [0.1, 0.15) is 19.4 Å². The van der Waals surface area contributed by atoms with Gasteiger partial charge >= 0.3 is 5.97 Å². The standard InChI is InChI=1S/C14H14O3/c1-3-16-14(15)10(2)8-11-9-17-13-7-5-4-6-12(11)13/h4-9H,3H2,1-2H3/b10-8+. The molecule has 3 heteroatoms. The molecule has 0 unspecified atom stereocenters. The Morgan fingerprint density at radius 3 is 2.94 bits per heavy atom. The topological polar surface area (TPSA) is 39.4 Å². The minimum Gasteiger partial charge on any atom is -0.464 e. The summed E-state index contributed by atoms with van der Waals surface area (Å²) in [5, 5.41) is 0.996. The van der Waals surface area contributed by atoms with Gasteiger partial charge in [0.25, 0.3) is 0 Å². The second kappa shape index (κ2) is 4.87. The molecule has 0 radical (unpaired) electrons. The Labute approximate surface area is 99.7 Å². The van der Waals surface area contributed by atoms with E-state index >= 15 is 0 Å². The minimum absolute atomic E-state index is 0.294. The first kappa shape index (κ1) is 11.5. The van der Waals surface area contributed by atoms with E-state index in [9.17, 15) is 4.79 Å². The monoisotopic (exact) mass is 230 g/mol. The average Bonchev–Trinajstić information content (AvgIpc) is 2.73. The van der Waals surface area contributed by atoms with Gasteiger partial charge in [-0.25, -0.2) is 4.79 Å². The van der Waals surface area contributed by atoms with E-state index in [-0.39, 0.29) is 5.97 Å². The zero-order valence-electron chi connectivity index (χ0n) is 9.90. The molecule has 0 aliphatic rings. The summed E-state index contributed by atoms with van der Waals surface area (Å²) < 4.78 is 10.3. The Bertz CT molecular complexity index is 564. The van der Waals surface area contributed by atoms with Crippen LogP contribution in [-0.2, 0) is 9.53 Å². The van der Waals surface area contributed by atoms with Gasteiger partial charge in [-0.15, -0.1) is 0 Å². The van der Waals surface area contributed by atoms with E-state index in [1.165, 1.54) is 0 Å². The maximum Gasteiger partial charge on any atom is 0.333 e. The second-order valence-electron chi connectivity index (χ2n) is 3.74. The van der Waals surface area contributed by atoms with Crippen molar-refractivity contribution in [2.24, 2.45) is 0 Å². The largest absolute Gasteiger partial charge is 0.464 e. The van der Waals surface area contributed by atoms with E-state index in [2.05, 4.69) is 0 Å². The van der Waals surface area contributed by atoms with Gasteiger partial charge in [0, 0.05) is 16.5 Å². The normalized spacial score (nSPS) is 11.8. The van der Waals surface area contributed by atoms with Crippen LogP contribution >= 0.6 is 0 Å². The Hall–Kier alpha value is -2.03. The van der Waals surface area contributed by atoms with Crippen LogP contribution in [0.5, 0.6) is 0 Å². The molecule has 0 bridgehead atoms. The summed E-state index contributed by atoms with van der Waals surface area (Å²) >= 11 is 0. The average molecular weight is 230 g/mol. The van der Waals surface area contributed by atoms with Gasteiger partial charge in [-0.2, -0.15) is 0 Å². The van der Waals surface area contributed by atoms with Crippen LogP contribution in [0.2, 0.25) is 0 Å². The zero-order chi connectivity index (χ0) is 12.3. The van der Waals surface area contributed by atoms with Gasteiger partial charge in [-0.05, 0) is 26.0 Å². The van der Waals surface area contributed by atoms with Gasteiger partial charge in [0.05, 0.1) is 12.9 Å². The molecule has 0 atom stereocenters. The lowest BCUT2D eigenvalue weighted by atomic mass is 10.1. The first-order valence-corrected chi connectivity index (χ1v) is 5.54. The molecule has 0 amide bonds. The van der Waals surface area contributed by atoms with Crippen molar-refractivity contribution in [2.45, 2.75) is 13.8 Å². The lowest BCUT2D eigenvalue weighted by molar-refractivity contribution is -0.138. The van der Waals surface area contributed by atoms with Gasteiger partial charge in [0.15, 0.2) is 0 Å². The van der Waals surface area contributed by atoms with Crippen molar-refractivity contribution in [2.75, 3.05) is 6.61 Å². The molecule has 3 nitrogen and oxygen atoms in total. The van der Waals surface area contributed by atoms with E-state index in [0.717, 1.165) is 16.5 Å². The predicted octanol–water partition coefficient (Wildman–Crippen LogP) is 3.40. The van der Waals surface area contributed by atoms with Crippen LogP contribution in [0.25, 0.3) is 17.0 Å². The molecule has 0 saturated carbocycles. The Balaban J connectivity index is 2.35. The molecule has 2 rings (SSSR count). The van der Waals surface area contributed by atoms with Crippen LogP contribution < -0.4 is 0 Å². The molecule has 2 aromatic rings. The molecule has 0 fully saturated rings. The molecular weight excluding hydrogens is 216 g/mol. The molecule has 0 spiro atoms. The van der Waals surface area contributed by atoms with Crippen LogP contribution in [0.15, 0.2) is 40.5 Å². The van der Waals surface area contributed by atoms with Crippen LogP contribution in [0.3, 0.4) is 0 Å². The smallest absolute Gasteiger partial charge is 0.333 e. The molecule has 1 aromatic carbocycles. The van der Waals surface area contributed by atoms with Crippen molar-refractivity contribution < 1.29 is 13.9 Å². The number of ether oxygens (including phenoxy) is 1. The maximum atomic E-state index is 11.5. The Kier molecular flexibility index (Phi) is 3.28. The summed E-state index contributed by atoms with van der Waals surface area (Å²) in [6.45, 7) is 3.91. The SMILES string of the molecule is CCOC(=O)/C(C)=C/c1coc2ccccc12. The predicted molar refractivity (Wildman–Crippen MR) is 66.5 cm³/mol. The number of para-hydroxylation sites is 1. The van der Waals surface area contributed by atoms with Gasteiger partial charge in [0.2, 0.25) is 0 Å². The van der Waals surface area contributed by atoms with Crippen molar-refractivity contribution >= 4 is 23.0 Å². The van der Waals surface area contributed by atoms with Crippen LogP contribution in [0.4, 0.5) is 0 Å². The third-order valence-electron chi connectivity index (χ3n) is 2.48. The molecule has 0 N–H and O–H groups in total. The summed E-state index contributed by atoms with van der Waals surface area (Å²) in [5.74, 6) is -0.294. The van der Waals surface area contributed by atoms with Gasteiger partial charge in [-0.1, -0.05) is 18.2 Å². The Morgan fingerprint density at radius 2 is 2.18 bits per heavy atom. The van der Waals surface area contributed by atoms with Crippen molar-refractivity contribution in [1.82, 2.24) is 0 Å². The van der Waals surface area contributed by atoms with Gasteiger partial charge < -0.3 is 9.15 Å². The summed E-state index contributed by atoms with van der Waals surface area (Å²) in [5.41, 5.74) is 2.28. The van der Waals surface area contributed by atoms with Crippen molar-refractivity contribution in [3.8, 4) is 0 Å². The highest BCUT2D eigenvalue weighted by Crippen LogP contribution is 2.23. The summed E-state index contributed by atoms with van der Waals surface area (Å²) in [4.78, 5) is 11.5. The molecule has 0 aliphatic heterocycles. The highest BCUT2D eigenvalue weighted by Gasteiger charge is 2.07. The molecule has 0 aliphatic carbocycles. The first-order valence-electron chi connectivity index (χ1n) is 5.54. The van der Waals surface area contributed by atoms with E-state index in [1.807, 2.05) is 24.3 Å². The maximum absolute atomic E-state index is 11.5. The number of carbonyl (C=O) groups is 1. The molecule has 17 heavy (non-hydrogen) atoms. The van der Waals surface area contributed by atoms with Crippen molar-refractivity contribution in [1.29, 1.82) is 0 Å². The quantitative estimate of drug-likeness (QED) is 0.599. The number of carbonyl (C=O) groups excluding carboxylic acids is 1. The van der Waals surface area contributed by atoms with E-state index in [0.29, 0.717) is 12.2 Å². The van der Waals surface area contributed by atoms with E-state index in [1.54, 1.807) is 26.2 Å². The molecular formula is C14H14O3. The van der Waals surface area contributed by atoms with Crippen LogP contribution in [0, 0.1) is 0 Å². The number of furan rings is 1. The van der Waals surface area contributed by atoms with Crippen molar-refractivity contribution in [3.05, 3.63) is 41.7 Å². The first-order chi connectivity index (χ1) is 8.22. The highest BCUT2D eigenvalue weighted by molar-refractivity contribution is 5.96. The molecule has 1 aromatic heterocycles. The fourth-order valence-electron chi connectivity index (χ4n) is 1.65. The fraction of sp³-hybridized carbons (Fsp3) is 0.214. The highest BCUT2D eigenvalue weighted by atomic mass is 16.5. The summed E-state index contributed by atoms with van der Waals surface area (Å²) in [6, 6.07) is 7.71. The zero-order valence-corrected chi connectivity index (χ0v) is 9.90. The summed E-state index contributed by atoms with van der Waals surface area (Å²) in [6.07, 6.45) is 3.43. The van der Waals surface area contributed by atoms with Gasteiger partial charge in [0.1, 0.15) is 5.58 Å². The van der Waals surface area contributed by atoms with Gasteiger partial charge in [-0.3, -0.25) is 0 Å². The number of hydrogen-bond acceptors (Lipinski definition) is 3. The molecule has 0 saturated heterocycles. The molecule has 88 valence electrons. The number of benzene rings is 1. The van der Waals surface area contributed by atoms with Crippen LogP contribution in [-0.4, -0.2) is 12.6 Å². The lowest BCUT2D eigenvalue weighted by Gasteiger charge is -2.00. The Morgan fingerprint density at radius 1 is 1.41 bits per heavy atom. The van der Waals surface area contributed by atoms with E-state index < -0.39 is 0 Å². The number of hydrogen-bond donors (Lipinski definition) is 0. The second-order valence-corrected chi connectivity index (χ2v) is 3.74. The third kappa shape index (κ3) is 2.38. The molecule has 1 heterocycles. The van der Waals surface area contributed by atoms with E-state index in [4.69, 9.17) is 9.15 Å². The number of esters is 1.